The van der Waals surface area contributed by atoms with Crippen LogP contribution < -0.4 is 35.0 Å². The van der Waals surface area contributed by atoms with Gasteiger partial charge < -0.3 is 29.6 Å². The maximum atomic E-state index is 12.2. The number of aryl methyl sites for hydroxylation is 1. The van der Waals surface area contributed by atoms with E-state index in [2.05, 4.69) is 21.2 Å². The Bertz CT molecular complexity index is 1360. The quantitative estimate of drug-likeness (QED) is 0.225. The van der Waals surface area contributed by atoms with Gasteiger partial charge in [-0.3, -0.25) is 14.4 Å². The molecule has 11 heteroatoms. The van der Waals surface area contributed by atoms with Crippen molar-refractivity contribution in [1.82, 2.24) is 10.7 Å². The number of hydrogen-bond acceptors (Lipinski definition) is 8. The Hall–Kier alpha value is -5.06. The number of ether oxygens (including phenoxy) is 4. The third-order valence-electron chi connectivity index (χ3n) is 5.36. The summed E-state index contributed by atoms with van der Waals surface area (Å²) in [5, 5.41) is 9.08. The van der Waals surface area contributed by atoms with Crippen LogP contribution in [0.25, 0.3) is 0 Å². The van der Waals surface area contributed by atoms with Crippen molar-refractivity contribution in [3.8, 4) is 23.0 Å². The molecule has 0 atom stereocenters. The topological polar surface area (TPSA) is 137 Å². The summed E-state index contributed by atoms with van der Waals surface area (Å²) in [6.07, 6.45) is 1.35. The monoisotopic (exact) mass is 518 g/mol. The van der Waals surface area contributed by atoms with E-state index < -0.39 is 11.8 Å². The largest absolute Gasteiger partial charge is 0.493 e. The van der Waals surface area contributed by atoms with Crippen molar-refractivity contribution < 1.29 is 33.3 Å². The van der Waals surface area contributed by atoms with Gasteiger partial charge in [0.2, 0.25) is 6.79 Å². The average Bonchev–Trinajstić information content (AvgIpc) is 3.40. The number of nitrogens with one attached hydrogen (secondary N) is 3. The second kappa shape index (κ2) is 12.3. The maximum absolute atomic E-state index is 12.2. The van der Waals surface area contributed by atoms with Crippen molar-refractivity contribution in [3.63, 3.8) is 0 Å². The molecule has 1 aliphatic heterocycles. The van der Waals surface area contributed by atoms with E-state index in [-0.39, 0.29) is 25.9 Å². The van der Waals surface area contributed by atoms with Crippen molar-refractivity contribution >= 4 is 29.6 Å². The minimum Gasteiger partial charge on any atom is -0.493 e. The lowest BCUT2D eigenvalue weighted by atomic mass is 10.2. The molecule has 0 aromatic heterocycles. The first-order valence-electron chi connectivity index (χ1n) is 11.6. The van der Waals surface area contributed by atoms with Crippen LogP contribution in [0.3, 0.4) is 0 Å². The first-order chi connectivity index (χ1) is 18.4. The Morgan fingerprint density at radius 3 is 2.53 bits per heavy atom. The average molecular weight is 519 g/mol. The van der Waals surface area contributed by atoms with Crippen molar-refractivity contribution in [2.45, 2.75) is 13.5 Å². The van der Waals surface area contributed by atoms with Gasteiger partial charge in [-0.25, -0.2) is 5.43 Å². The summed E-state index contributed by atoms with van der Waals surface area (Å²) in [4.78, 5) is 36.3. The predicted octanol–water partition coefficient (Wildman–Crippen LogP) is 2.52. The highest BCUT2D eigenvalue weighted by Gasteiger charge is 2.16. The zero-order chi connectivity index (χ0) is 26.9. The van der Waals surface area contributed by atoms with Crippen molar-refractivity contribution in [2.24, 2.45) is 5.10 Å². The normalized spacial score (nSPS) is 11.6. The van der Waals surface area contributed by atoms with E-state index in [0.29, 0.717) is 34.2 Å². The molecular weight excluding hydrogens is 492 g/mol. The summed E-state index contributed by atoms with van der Waals surface area (Å²) >= 11 is 0. The molecule has 1 aliphatic rings. The summed E-state index contributed by atoms with van der Waals surface area (Å²) < 4.78 is 21.5. The molecule has 3 aromatic carbocycles. The second-order valence-electron chi connectivity index (χ2n) is 8.18. The third-order valence-corrected chi connectivity index (χ3v) is 5.36. The van der Waals surface area contributed by atoms with Crippen LogP contribution >= 0.6 is 0 Å². The van der Waals surface area contributed by atoms with Crippen LogP contribution in [-0.2, 0) is 20.9 Å². The number of amides is 3. The Kier molecular flexibility index (Phi) is 8.39. The first kappa shape index (κ1) is 26.0. The fourth-order valence-electron chi connectivity index (χ4n) is 3.39. The maximum Gasteiger partial charge on any atom is 0.329 e. The van der Waals surface area contributed by atoms with Crippen LogP contribution in [0.5, 0.6) is 23.0 Å². The minimum absolute atomic E-state index is 0.133. The molecule has 0 fully saturated rings. The number of anilines is 1. The summed E-state index contributed by atoms with van der Waals surface area (Å²) in [7, 11) is 1.46. The summed E-state index contributed by atoms with van der Waals surface area (Å²) in [6, 6.07) is 17.5. The number of fused-ring (bicyclic) bond motifs is 1. The molecule has 4 rings (SSSR count). The lowest BCUT2D eigenvalue weighted by Gasteiger charge is -2.11. The fraction of sp³-hybridized carbons (Fsp3) is 0.185. The highest BCUT2D eigenvalue weighted by Crippen LogP contribution is 2.32. The summed E-state index contributed by atoms with van der Waals surface area (Å²) in [5.74, 6) is -0.143. The van der Waals surface area contributed by atoms with Gasteiger partial charge in [0.1, 0.15) is 0 Å². The molecule has 3 aromatic rings. The van der Waals surface area contributed by atoms with Crippen LogP contribution in [0.2, 0.25) is 0 Å². The van der Waals surface area contributed by atoms with E-state index in [9.17, 15) is 14.4 Å². The highest BCUT2D eigenvalue weighted by molar-refractivity contribution is 6.35. The van der Waals surface area contributed by atoms with Crippen LogP contribution in [0, 0.1) is 6.92 Å². The molecule has 0 aliphatic carbocycles. The van der Waals surface area contributed by atoms with Gasteiger partial charge in [-0.05, 0) is 60.5 Å². The third kappa shape index (κ3) is 7.00. The van der Waals surface area contributed by atoms with E-state index in [0.717, 1.165) is 11.1 Å². The molecule has 0 radical (unpaired) electrons. The molecule has 0 unspecified atom stereocenters. The fourth-order valence-corrected chi connectivity index (χ4v) is 3.39. The van der Waals surface area contributed by atoms with Crippen molar-refractivity contribution in [2.75, 3.05) is 25.8 Å². The number of carbonyl (C=O) groups is 3. The standard InChI is InChI=1S/C27H26N4O7/c1-17-3-7-20(8-4-17)30-25(32)15-36-21-9-6-19(11-23(21)35-2)14-29-31-27(34)26(33)28-13-18-5-10-22-24(12-18)38-16-37-22/h3-12,14H,13,15-16H2,1-2H3,(H,28,33)(H,30,32)(H,31,34)/b29-14-. The van der Waals surface area contributed by atoms with Crippen LogP contribution in [0.4, 0.5) is 5.69 Å². The smallest absolute Gasteiger partial charge is 0.329 e. The lowest BCUT2D eigenvalue weighted by Crippen LogP contribution is -2.37. The predicted molar refractivity (Wildman–Crippen MR) is 138 cm³/mol. The summed E-state index contributed by atoms with van der Waals surface area (Å²) in [6.45, 7) is 2.03. The van der Waals surface area contributed by atoms with Crippen molar-refractivity contribution in [1.29, 1.82) is 0 Å². The molecule has 196 valence electrons. The molecule has 0 saturated heterocycles. The van der Waals surface area contributed by atoms with E-state index >= 15 is 0 Å². The summed E-state index contributed by atoms with van der Waals surface area (Å²) in [5.41, 5.74) is 5.26. The van der Waals surface area contributed by atoms with Crippen LogP contribution in [0.15, 0.2) is 65.8 Å². The lowest BCUT2D eigenvalue weighted by molar-refractivity contribution is -0.139. The Labute approximate surface area is 218 Å². The highest BCUT2D eigenvalue weighted by atomic mass is 16.7. The number of hydrogen-bond donors (Lipinski definition) is 3. The minimum atomic E-state index is -0.923. The molecule has 11 nitrogen and oxygen atoms in total. The molecule has 1 heterocycles. The molecule has 0 saturated carbocycles. The Morgan fingerprint density at radius 2 is 1.74 bits per heavy atom. The number of nitrogens with zero attached hydrogens (tertiary/aromatic N) is 1. The van der Waals surface area contributed by atoms with Gasteiger partial charge in [-0.1, -0.05) is 23.8 Å². The Morgan fingerprint density at radius 1 is 0.947 bits per heavy atom. The van der Waals surface area contributed by atoms with Crippen LogP contribution in [0.1, 0.15) is 16.7 Å². The van der Waals surface area contributed by atoms with E-state index in [1.807, 2.05) is 31.2 Å². The number of rotatable bonds is 9. The van der Waals surface area contributed by atoms with Gasteiger partial charge in [0, 0.05) is 12.2 Å². The molecule has 0 bridgehead atoms. The SMILES string of the molecule is COc1cc(/C=N\NC(=O)C(=O)NCc2ccc3c(c2)OCO3)ccc1OCC(=O)Nc1ccc(C)cc1. The van der Waals surface area contributed by atoms with Gasteiger partial charge in [-0.15, -0.1) is 0 Å². The van der Waals surface area contributed by atoms with Gasteiger partial charge >= 0.3 is 11.8 Å². The molecule has 3 amide bonds. The van der Waals surface area contributed by atoms with Gasteiger partial charge in [-0.2, -0.15) is 5.10 Å². The zero-order valence-corrected chi connectivity index (χ0v) is 20.8. The number of carbonyl (C=O) groups excluding carboxylic acids is 3. The Balaban J connectivity index is 1.24. The van der Waals surface area contributed by atoms with Gasteiger partial charge in [0.15, 0.2) is 29.6 Å². The second-order valence-corrected chi connectivity index (χ2v) is 8.18. The van der Waals surface area contributed by atoms with Crippen LogP contribution in [-0.4, -0.2) is 44.4 Å². The zero-order valence-electron chi connectivity index (χ0n) is 20.8. The molecule has 0 spiro atoms. The number of benzene rings is 3. The van der Waals surface area contributed by atoms with Gasteiger partial charge in [0.25, 0.3) is 5.91 Å². The first-order valence-corrected chi connectivity index (χ1v) is 11.6. The van der Waals surface area contributed by atoms with Crippen molar-refractivity contribution in [3.05, 3.63) is 77.4 Å². The van der Waals surface area contributed by atoms with Gasteiger partial charge in [0.05, 0.1) is 13.3 Å². The number of methoxy groups -OCH3 is 1. The van der Waals surface area contributed by atoms with E-state index in [1.165, 1.54) is 13.3 Å². The van der Waals surface area contributed by atoms with E-state index in [4.69, 9.17) is 18.9 Å². The molecule has 3 N–H and O–H groups in total. The molecular formula is C27H26N4O7. The number of hydrazone groups is 1. The molecule has 38 heavy (non-hydrogen) atoms. The van der Waals surface area contributed by atoms with E-state index in [1.54, 1.807) is 36.4 Å².